The number of hydrogen-bond donors (Lipinski definition) is 1. The Morgan fingerprint density at radius 1 is 0.964 bits per heavy atom. The summed E-state index contributed by atoms with van der Waals surface area (Å²) in [4.78, 5) is 51.9. The highest BCUT2D eigenvalue weighted by molar-refractivity contribution is 6.37. The number of hydrogen-bond acceptors (Lipinski definition) is 5. The van der Waals surface area contributed by atoms with Crippen molar-refractivity contribution in [3.63, 3.8) is 0 Å². The van der Waals surface area contributed by atoms with E-state index in [1.165, 1.54) is 12.1 Å². The molecule has 0 amide bonds. The van der Waals surface area contributed by atoms with E-state index in [1.54, 1.807) is 44.2 Å². The zero-order valence-corrected chi connectivity index (χ0v) is 16.7. The molecule has 5 nitrogen and oxygen atoms in total. The van der Waals surface area contributed by atoms with Gasteiger partial charge in [0.05, 0.1) is 5.92 Å². The number of Topliss-reactive ketones (excluding diaryl/α,β-unsaturated/α-hetero) is 4. The predicted octanol–water partition coefficient (Wildman–Crippen LogP) is 3.27. The van der Waals surface area contributed by atoms with Gasteiger partial charge in [-0.2, -0.15) is 0 Å². The fraction of sp³-hybridized carbons (Fsp3) is 0.391. The van der Waals surface area contributed by atoms with Crippen LogP contribution in [0.3, 0.4) is 0 Å². The highest BCUT2D eigenvalue weighted by atomic mass is 16.3. The van der Waals surface area contributed by atoms with Crippen LogP contribution in [0.4, 0.5) is 0 Å². The maximum Gasteiger partial charge on any atom is 0.190 e. The van der Waals surface area contributed by atoms with Crippen LogP contribution in [0.2, 0.25) is 0 Å². The monoisotopic (exact) mass is 382 g/mol. The van der Waals surface area contributed by atoms with E-state index in [0.29, 0.717) is 0 Å². The van der Waals surface area contributed by atoms with Crippen LogP contribution in [0.5, 0.6) is 0 Å². The number of allylic oxidation sites excluding steroid dienone is 3. The van der Waals surface area contributed by atoms with Gasteiger partial charge >= 0.3 is 0 Å². The molecule has 0 aromatic heterocycles. The van der Waals surface area contributed by atoms with Crippen LogP contribution in [0, 0.1) is 11.8 Å². The van der Waals surface area contributed by atoms with Gasteiger partial charge in [0.2, 0.25) is 0 Å². The van der Waals surface area contributed by atoms with Crippen molar-refractivity contribution in [1.82, 2.24) is 0 Å². The predicted molar refractivity (Wildman–Crippen MR) is 106 cm³/mol. The molecule has 0 radical (unpaired) electrons. The minimum absolute atomic E-state index is 0.0585. The van der Waals surface area contributed by atoms with Crippen molar-refractivity contribution < 1.29 is 24.3 Å². The molecule has 5 heteroatoms. The summed E-state index contributed by atoms with van der Waals surface area (Å²) in [6, 6.07) is 8.01. The second-order valence-corrected chi connectivity index (χ2v) is 7.71. The van der Waals surface area contributed by atoms with Crippen molar-refractivity contribution in [2.75, 3.05) is 0 Å². The van der Waals surface area contributed by atoms with Gasteiger partial charge in [-0.1, -0.05) is 53.6 Å². The molecule has 0 heterocycles. The molecule has 28 heavy (non-hydrogen) atoms. The van der Waals surface area contributed by atoms with Crippen LogP contribution < -0.4 is 0 Å². The van der Waals surface area contributed by atoms with Crippen molar-refractivity contribution in [2.24, 2.45) is 11.8 Å². The molecule has 1 aliphatic carbocycles. The molecule has 3 atom stereocenters. The summed E-state index contributed by atoms with van der Waals surface area (Å²) in [6.45, 7) is 7.20. The minimum Gasteiger partial charge on any atom is -0.374 e. The summed E-state index contributed by atoms with van der Waals surface area (Å²) in [7, 11) is 0. The Bertz CT molecular complexity index is 854. The zero-order valence-electron chi connectivity index (χ0n) is 16.7. The van der Waals surface area contributed by atoms with Crippen LogP contribution >= 0.6 is 0 Å². The summed E-state index contributed by atoms with van der Waals surface area (Å²) in [5.41, 5.74) is -0.455. The molecule has 1 N–H and O–H groups in total. The second kappa shape index (κ2) is 8.57. The number of aliphatic hydroxyl groups is 1. The number of ketones is 4. The molecule has 3 unspecified atom stereocenters. The van der Waals surface area contributed by atoms with Gasteiger partial charge in [-0.05, 0) is 34.1 Å². The lowest BCUT2D eigenvalue weighted by molar-refractivity contribution is -0.163. The Morgan fingerprint density at radius 2 is 1.54 bits per heavy atom. The molecule has 148 valence electrons. The van der Waals surface area contributed by atoms with Crippen molar-refractivity contribution in [3.05, 3.63) is 59.2 Å². The first-order chi connectivity index (χ1) is 13.1. The standard InChI is InChI=1S/C23H26O5/c1-14(2)10-11-17-20(25)18(19(24)16-8-6-5-7-9-16)22(27)23(28,21(17)26)13-12-15(3)4/h5-10,12,17-18,28H,11,13H2,1-4H3. The highest BCUT2D eigenvalue weighted by Crippen LogP contribution is 2.35. The molecular formula is C23H26O5. The van der Waals surface area contributed by atoms with Crippen LogP contribution in [-0.2, 0) is 14.4 Å². The van der Waals surface area contributed by atoms with Gasteiger partial charge in [0.1, 0.15) is 5.92 Å². The Morgan fingerprint density at radius 3 is 2.07 bits per heavy atom. The van der Waals surface area contributed by atoms with Gasteiger partial charge in [-0.15, -0.1) is 0 Å². The summed E-state index contributed by atoms with van der Waals surface area (Å²) in [5.74, 6) is -6.16. The fourth-order valence-corrected chi connectivity index (χ4v) is 3.26. The van der Waals surface area contributed by atoms with Crippen molar-refractivity contribution >= 4 is 23.1 Å². The van der Waals surface area contributed by atoms with Crippen molar-refractivity contribution in [3.8, 4) is 0 Å². The summed E-state index contributed by atoms with van der Waals surface area (Å²) in [6.07, 6.45) is 3.10. The average molecular weight is 382 g/mol. The highest BCUT2D eigenvalue weighted by Gasteiger charge is 2.59. The first kappa shape index (κ1) is 21.6. The van der Waals surface area contributed by atoms with E-state index in [4.69, 9.17) is 0 Å². The summed E-state index contributed by atoms with van der Waals surface area (Å²) in [5, 5.41) is 11.0. The Balaban J connectivity index is 2.53. The molecule has 1 aliphatic rings. The van der Waals surface area contributed by atoms with Crippen LogP contribution in [0.25, 0.3) is 0 Å². The van der Waals surface area contributed by atoms with Gasteiger partial charge in [0, 0.05) is 12.0 Å². The third-order valence-corrected chi connectivity index (χ3v) is 4.91. The van der Waals surface area contributed by atoms with Gasteiger partial charge in [0.15, 0.2) is 28.7 Å². The Kier molecular flexibility index (Phi) is 6.62. The van der Waals surface area contributed by atoms with Crippen LogP contribution in [0.1, 0.15) is 50.9 Å². The number of benzene rings is 1. The van der Waals surface area contributed by atoms with Crippen LogP contribution in [0.15, 0.2) is 53.6 Å². The molecule has 1 aromatic carbocycles. The molecule has 0 spiro atoms. The summed E-state index contributed by atoms with van der Waals surface area (Å²) >= 11 is 0. The molecule has 2 rings (SSSR count). The molecule has 0 bridgehead atoms. The zero-order chi connectivity index (χ0) is 21.1. The number of rotatable bonds is 6. The molecule has 1 fully saturated rings. The maximum atomic E-state index is 13.0. The third kappa shape index (κ3) is 4.25. The van der Waals surface area contributed by atoms with Gasteiger partial charge in [-0.25, -0.2) is 0 Å². The lowest BCUT2D eigenvalue weighted by Crippen LogP contribution is -2.62. The van der Waals surface area contributed by atoms with Gasteiger partial charge in [-0.3, -0.25) is 19.2 Å². The first-order valence-corrected chi connectivity index (χ1v) is 9.30. The smallest absolute Gasteiger partial charge is 0.190 e. The fourth-order valence-electron chi connectivity index (χ4n) is 3.26. The number of carbonyl (C=O) groups is 4. The Labute approximate surface area is 165 Å². The lowest BCUT2D eigenvalue weighted by Gasteiger charge is -2.36. The van der Waals surface area contributed by atoms with Crippen LogP contribution in [-0.4, -0.2) is 33.8 Å². The lowest BCUT2D eigenvalue weighted by atomic mass is 9.65. The third-order valence-electron chi connectivity index (χ3n) is 4.91. The average Bonchev–Trinajstić information content (AvgIpc) is 2.65. The largest absolute Gasteiger partial charge is 0.374 e. The summed E-state index contributed by atoms with van der Waals surface area (Å²) < 4.78 is 0. The quantitative estimate of drug-likeness (QED) is 0.463. The van der Waals surface area contributed by atoms with Gasteiger partial charge in [0.25, 0.3) is 0 Å². The van der Waals surface area contributed by atoms with E-state index in [9.17, 15) is 24.3 Å². The van der Waals surface area contributed by atoms with E-state index in [-0.39, 0.29) is 18.4 Å². The van der Waals surface area contributed by atoms with E-state index in [0.717, 1.165) is 11.1 Å². The first-order valence-electron chi connectivity index (χ1n) is 9.30. The molecule has 0 aliphatic heterocycles. The Hall–Kier alpha value is -2.66. The number of carbonyl (C=O) groups excluding carboxylic acids is 4. The molecule has 1 saturated carbocycles. The van der Waals surface area contributed by atoms with E-state index < -0.39 is 40.6 Å². The minimum atomic E-state index is -2.37. The van der Waals surface area contributed by atoms with E-state index in [1.807, 2.05) is 13.8 Å². The molecule has 0 saturated heterocycles. The molecular weight excluding hydrogens is 356 g/mol. The van der Waals surface area contributed by atoms with E-state index >= 15 is 0 Å². The normalized spacial score (nSPS) is 24.7. The maximum absolute atomic E-state index is 13.0. The van der Waals surface area contributed by atoms with Gasteiger partial charge < -0.3 is 5.11 Å². The van der Waals surface area contributed by atoms with Crippen molar-refractivity contribution in [1.29, 1.82) is 0 Å². The molecule has 1 aromatic rings. The SMILES string of the molecule is CC(C)=CCC1C(=O)C(C(=O)c2ccccc2)C(=O)C(O)(CC=C(C)C)C1=O. The van der Waals surface area contributed by atoms with Crippen molar-refractivity contribution in [2.45, 2.75) is 46.1 Å². The second-order valence-electron chi connectivity index (χ2n) is 7.71. The topological polar surface area (TPSA) is 88.5 Å². The van der Waals surface area contributed by atoms with E-state index in [2.05, 4.69) is 0 Å².